The summed E-state index contributed by atoms with van der Waals surface area (Å²) in [6.07, 6.45) is 3.07. The number of imide groups is 1. The van der Waals surface area contributed by atoms with Crippen LogP contribution in [0.5, 0.6) is 0 Å². The Balaban J connectivity index is 1.39. The van der Waals surface area contributed by atoms with Gasteiger partial charge in [-0.05, 0) is 39.9 Å². The Morgan fingerprint density at radius 3 is 2.18 bits per heavy atom. The van der Waals surface area contributed by atoms with E-state index in [1.165, 1.54) is 11.2 Å². The number of carbonyl (C=O) groups excluding carboxylic acids is 3. The number of likely N-dealkylation sites (tertiary alicyclic amines) is 1. The van der Waals surface area contributed by atoms with Gasteiger partial charge in [0.05, 0.1) is 30.1 Å². The standard InChI is InChI=1S/C31H23N3O4/c35-28(24-15-8-16-38-24)33-32-18-31-22-13-6-4-11-20(22)25(21-12-5-7-14-23(21)31)26-27(31)30(37)34(29(26)36)17-19-9-2-1-3-10-19/h1-16,18,25-27H,17H2,(H,33,35)/b32-18-/t25?,26-,27+,31?/m1/s1. The van der Waals surface area contributed by atoms with Crippen molar-refractivity contribution in [3.63, 3.8) is 0 Å². The Kier molecular flexibility index (Phi) is 4.94. The van der Waals surface area contributed by atoms with Gasteiger partial charge in [0.25, 0.3) is 0 Å². The minimum atomic E-state index is -1.03. The molecular formula is C31H23N3O4. The maximum atomic E-state index is 14.2. The van der Waals surface area contributed by atoms with Crippen LogP contribution in [0.1, 0.15) is 44.3 Å². The smallest absolute Gasteiger partial charge is 0.307 e. The Bertz CT molecular complexity index is 1560. The van der Waals surface area contributed by atoms with Gasteiger partial charge in [0.2, 0.25) is 11.8 Å². The van der Waals surface area contributed by atoms with E-state index in [1.54, 1.807) is 18.3 Å². The van der Waals surface area contributed by atoms with E-state index in [-0.39, 0.29) is 30.0 Å². The van der Waals surface area contributed by atoms with Crippen molar-refractivity contribution in [2.45, 2.75) is 17.9 Å². The zero-order valence-corrected chi connectivity index (χ0v) is 20.3. The van der Waals surface area contributed by atoms with Gasteiger partial charge < -0.3 is 4.42 Å². The minimum absolute atomic E-state index is 0.131. The molecule has 7 nitrogen and oxygen atoms in total. The number of furan rings is 1. The van der Waals surface area contributed by atoms with Crippen molar-refractivity contribution in [1.82, 2.24) is 10.3 Å². The number of hydrazone groups is 1. The lowest BCUT2D eigenvalue weighted by atomic mass is 9.47. The molecule has 1 aromatic heterocycles. The van der Waals surface area contributed by atoms with E-state index in [1.807, 2.05) is 78.9 Å². The molecule has 1 aliphatic heterocycles. The molecular weight excluding hydrogens is 478 g/mol. The molecule has 7 heteroatoms. The van der Waals surface area contributed by atoms with Crippen molar-refractivity contribution < 1.29 is 18.8 Å². The van der Waals surface area contributed by atoms with Crippen molar-refractivity contribution in [2.24, 2.45) is 16.9 Å². The van der Waals surface area contributed by atoms with Crippen molar-refractivity contribution in [3.8, 4) is 0 Å². The van der Waals surface area contributed by atoms with E-state index in [9.17, 15) is 14.4 Å². The Labute approximate surface area is 218 Å². The zero-order chi connectivity index (χ0) is 25.9. The summed E-state index contributed by atoms with van der Waals surface area (Å²) in [7, 11) is 0. The van der Waals surface area contributed by atoms with E-state index in [4.69, 9.17) is 4.42 Å². The molecule has 3 amide bonds. The van der Waals surface area contributed by atoms with E-state index < -0.39 is 23.2 Å². The van der Waals surface area contributed by atoms with Crippen LogP contribution in [0.25, 0.3) is 0 Å². The highest BCUT2D eigenvalue weighted by Gasteiger charge is 2.67. The van der Waals surface area contributed by atoms with Gasteiger partial charge in [0.15, 0.2) is 5.76 Å². The largest absolute Gasteiger partial charge is 0.459 e. The lowest BCUT2D eigenvalue weighted by molar-refractivity contribution is -0.140. The maximum absolute atomic E-state index is 14.2. The van der Waals surface area contributed by atoms with E-state index >= 15 is 0 Å². The van der Waals surface area contributed by atoms with Gasteiger partial charge in [0, 0.05) is 12.1 Å². The first-order valence-corrected chi connectivity index (χ1v) is 12.6. The third-order valence-electron chi connectivity index (χ3n) is 8.14. The van der Waals surface area contributed by atoms with Crippen LogP contribution in [0, 0.1) is 11.8 Å². The molecule has 2 atom stereocenters. The third kappa shape index (κ3) is 3.02. The zero-order valence-electron chi connectivity index (χ0n) is 20.3. The van der Waals surface area contributed by atoms with Crippen LogP contribution < -0.4 is 5.43 Å². The molecule has 8 rings (SSSR count). The number of rotatable bonds is 5. The van der Waals surface area contributed by atoms with Crippen molar-refractivity contribution >= 4 is 23.9 Å². The summed E-state index contributed by atoms with van der Waals surface area (Å²) in [6, 6.07) is 28.6. The summed E-state index contributed by atoms with van der Waals surface area (Å²) in [4.78, 5) is 42.2. The lowest BCUT2D eigenvalue weighted by Crippen LogP contribution is -2.54. The summed E-state index contributed by atoms with van der Waals surface area (Å²) in [5.74, 6) is -2.24. The van der Waals surface area contributed by atoms with Crippen molar-refractivity contribution in [2.75, 3.05) is 0 Å². The van der Waals surface area contributed by atoms with Gasteiger partial charge in [-0.1, -0.05) is 78.9 Å². The predicted molar refractivity (Wildman–Crippen MR) is 139 cm³/mol. The molecule has 4 aromatic rings. The molecule has 0 saturated carbocycles. The van der Waals surface area contributed by atoms with Crippen molar-refractivity contribution in [3.05, 3.63) is 131 Å². The monoisotopic (exact) mass is 501 g/mol. The van der Waals surface area contributed by atoms with E-state index in [2.05, 4.69) is 10.5 Å². The first kappa shape index (κ1) is 22.4. The van der Waals surface area contributed by atoms with Crippen LogP contribution in [-0.2, 0) is 21.5 Å². The second-order valence-electron chi connectivity index (χ2n) is 9.95. The molecule has 2 heterocycles. The molecule has 1 saturated heterocycles. The predicted octanol–water partition coefficient (Wildman–Crippen LogP) is 4.24. The number of hydrogen-bond acceptors (Lipinski definition) is 5. The molecule has 4 aliphatic rings. The number of carbonyl (C=O) groups is 3. The second kappa shape index (κ2) is 8.38. The topological polar surface area (TPSA) is 92.0 Å². The molecule has 186 valence electrons. The van der Waals surface area contributed by atoms with Gasteiger partial charge in [-0.15, -0.1) is 0 Å². The minimum Gasteiger partial charge on any atom is -0.459 e. The first-order valence-electron chi connectivity index (χ1n) is 12.6. The first-order chi connectivity index (χ1) is 18.6. The van der Waals surface area contributed by atoms with Crippen LogP contribution in [0.15, 0.2) is 107 Å². The van der Waals surface area contributed by atoms with Gasteiger partial charge in [0.1, 0.15) is 0 Å². The average Bonchev–Trinajstić information content (AvgIpc) is 3.58. The maximum Gasteiger partial charge on any atom is 0.307 e. The summed E-state index contributed by atoms with van der Waals surface area (Å²) in [5.41, 5.74) is 6.31. The number of nitrogens with one attached hydrogen (secondary N) is 1. The van der Waals surface area contributed by atoms with Gasteiger partial charge in [-0.2, -0.15) is 5.10 Å². The number of nitrogens with zero attached hydrogens (tertiary/aromatic N) is 2. The normalized spacial score (nSPS) is 24.8. The summed E-state index contributed by atoms with van der Waals surface area (Å²) < 4.78 is 5.19. The highest BCUT2D eigenvalue weighted by Crippen LogP contribution is 2.63. The Hall–Kier alpha value is -4.78. The summed E-state index contributed by atoms with van der Waals surface area (Å²) in [5, 5.41) is 4.38. The molecule has 0 spiro atoms. The van der Waals surface area contributed by atoms with Crippen LogP contribution >= 0.6 is 0 Å². The Morgan fingerprint density at radius 2 is 1.53 bits per heavy atom. The van der Waals surface area contributed by atoms with Crippen molar-refractivity contribution in [1.29, 1.82) is 0 Å². The SMILES string of the molecule is O=C(N/N=C\C12c3ccccc3C(c3ccccc31)[C@H]1C(=O)N(Cc3ccccc3)C(=O)[C@H]12)c1ccco1. The number of amides is 3. The molecule has 3 aromatic carbocycles. The quantitative estimate of drug-likeness (QED) is 0.252. The second-order valence-corrected chi connectivity index (χ2v) is 9.95. The fourth-order valence-corrected chi connectivity index (χ4v) is 6.69. The number of hydrogen-bond donors (Lipinski definition) is 1. The van der Waals surface area contributed by atoms with Gasteiger partial charge >= 0.3 is 5.91 Å². The molecule has 1 N–H and O–H groups in total. The fraction of sp³-hybridized carbons (Fsp3) is 0.161. The van der Waals surface area contributed by atoms with E-state index in [0.29, 0.717) is 0 Å². The summed E-state index contributed by atoms with van der Waals surface area (Å²) in [6.45, 7) is 0.216. The Morgan fingerprint density at radius 1 is 0.868 bits per heavy atom. The highest BCUT2D eigenvalue weighted by molar-refractivity contribution is 6.11. The van der Waals surface area contributed by atoms with E-state index in [0.717, 1.165) is 27.8 Å². The molecule has 0 radical (unpaired) electrons. The third-order valence-corrected chi connectivity index (χ3v) is 8.14. The van der Waals surface area contributed by atoms with Crippen LogP contribution in [0.2, 0.25) is 0 Å². The summed E-state index contributed by atoms with van der Waals surface area (Å²) >= 11 is 0. The molecule has 3 aliphatic carbocycles. The van der Waals surface area contributed by atoms with Gasteiger partial charge in [-0.25, -0.2) is 5.43 Å². The fourth-order valence-electron chi connectivity index (χ4n) is 6.69. The molecule has 2 bridgehead atoms. The van der Waals surface area contributed by atoms with Gasteiger partial charge in [-0.3, -0.25) is 19.3 Å². The molecule has 38 heavy (non-hydrogen) atoms. The molecule has 0 unspecified atom stereocenters. The van der Waals surface area contributed by atoms with Crippen LogP contribution in [0.4, 0.5) is 0 Å². The number of benzene rings is 3. The lowest BCUT2D eigenvalue weighted by Gasteiger charge is -2.52. The van der Waals surface area contributed by atoms with Crippen LogP contribution in [0.3, 0.4) is 0 Å². The average molecular weight is 502 g/mol. The van der Waals surface area contributed by atoms with Crippen LogP contribution in [-0.4, -0.2) is 28.8 Å². The highest BCUT2D eigenvalue weighted by atomic mass is 16.3. The molecule has 1 fully saturated rings.